The molecule has 0 N–H and O–H groups in total. The SMILES string of the molecule is COCOC(=O)C12CCC3(C1)CC1(C(=O)OCOC)CC(OC(=O)CCl)(C2)C31. The number of rotatable bonds is 8. The van der Waals surface area contributed by atoms with Crippen molar-refractivity contribution < 1.29 is 38.1 Å². The maximum absolute atomic E-state index is 12.8. The summed E-state index contributed by atoms with van der Waals surface area (Å²) in [5, 5.41) is 0. The molecule has 0 aromatic heterocycles. The van der Waals surface area contributed by atoms with Crippen LogP contribution in [0.25, 0.3) is 0 Å². The molecular formula is C19H25ClO8. The van der Waals surface area contributed by atoms with Crippen molar-refractivity contribution in [1.29, 1.82) is 0 Å². The Morgan fingerprint density at radius 1 is 0.929 bits per heavy atom. The number of esters is 3. The summed E-state index contributed by atoms with van der Waals surface area (Å²) in [5.74, 6) is -1.61. The van der Waals surface area contributed by atoms with Crippen molar-refractivity contribution in [2.45, 2.75) is 44.1 Å². The van der Waals surface area contributed by atoms with E-state index in [4.69, 9.17) is 35.3 Å². The smallest absolute Gasteiger partial charge is 0.321 e. The Morgan fingerprint density at radius 3 is 2.25 bits per heavy atom. The van der Waals surface area contributed by atoms with Gasteiger partial charge in [0.2, 0.25) is 0 Å². The monoisotopic (exact) mass is 416 g/mol. The molecule has 4 aliphatic rings. The van der Waals surface area contributed by atoms with Gasteiger partial charge in [0, 0.05) is 33.0 Å². The van der Waals surface area contributed by atoms with Gasteiger partial charge in [-0.2, -0.15) is 0 Å². The topological polar surface area (TPSA) is 97.4 Å². The highest BCUT2D eigenvalue weighted by Gasteiger charge is 2.88. The summed E-state index contributed by atoms with van der Waals surface area (Å²) in [6, 6.07) is 0. The highest BCUT2D eigenvalue weighted by Crippen LogP contribution is 2.86. The van der Waals surface area contributed by atoms with Gasteiger partial charge in [0.05, 0.1) is 10.8 Å². The van der Waals surface area contributed by atoms with E-state index in [1.807, 2.05) is 0 Å². The lowest BCUT2D eigenvalue weighted by molar-refractivity contribution is -0.343. The first-order valence-corrected chi connectivity index (χ1v) is 9.96. The van der Waals surface area contributed by atoms with E-state index in [-0.39, 0.29) is 42.7 Å². The number of carbonyl (C=O) groups excluding carboxylic acids is 3. The molecule has 5 atom stereocenters. The first kappa shape index (κ1) is 19.9. The van der Waals surface area contributed by atoms with Gasteiger partial charge in [-0.15, -0.1) is 11.6 Å². The quantitative estimate of drug-likeness (QED) is 0.255. The van der Waals surface area contributed by atoms with Crippen molar-refractivity contribution in [3.05, 3.63) is 0 Å². The molecule has 4 rings (SSSR count). The van der Waals surface area contributed by atoms with Crippen LogP contribution in [0.15, 0.2) is 0 Å². The van der Waals surface area contributed by atoms with Gasteiger partial charge >= 0.3 is 17.9 Å². The molecule has 0 amide bonds. The number of hydrogen-bond acceptors (Lipinski definition) is 8. The number of methoxy groups -OCH3 is 2. The Balaban J connectivity index is 1.63. The van der Waals surface area contributed by atoms with E-state index in [9.17, 15) is 14.4 Å². The third-order valence-electron chi connectivity index (χ3n) is 7.28. The van der Waals surface area contributed by atoms with Crippen LogP contribution in [0.3, 0.4) is 0 Å². The number of halogens is 1. The lowest BCUT2D eigenvalue weighted by atomic mass is 9.27. The van der Waals surface area contributed by atoms with Crippen molar-refractivity contribution in [2.24, 2.45) is 22.2 Å². The fourth-order valence-electron chi connectivity index (χ4n) is 7.06. The molecule has 28 heavy (non-hydrogen) atoms. The van der Waals surface area contributed by atoms with Gasteiger partial charge in [-0.05, 0) is 31.1 Å². The summed E-state index contributed by atoms with van der Waals surface area (Å²) in [5.41, 5.74) is -2.48. The molecule has 0 aromatic carbocycles. The molecule has 4 aliphatic carbocycles. The minimum absolute atomic E-state index is 0.109. The van der Waals surface area contributed by atoms with Crippen LogP contribution in [0, 0.1) is 22.2 Å². The molecule has 9 heteroatoms. The maximum atomic E-state index is 12.8. The standard InChI is InChI=1S/C19H25ClO8/c1-24-10-26-14(22)17-4-3-16(6-17)7-18(15(23)27-11-25-2)9-19(8-17,13(16)18)28-12(21)5-20/h13H,3-11H2,1-2H3. The Hall–Kier alpha value is -1.38. The highest BCUT2D eigenvalue weighted by atomic mass is 35.5. The highest BCUT2D eigenvalue weighted by molar-refractivity contribution is 6.26. The van der Waals surface area contributed by atoms with Gasteiger partial charge in [0.15, 0.2) is 13.6 Å². The van der Waals surface area contributed by atoms with E-state index in [0.717, 1.165) is 6.42 Å². The summed E-state index contributed by atoms with van der Waals surface area (Å²) in [4.78, 5) is 37.7. The molecule has 4 fully saturated rings. The summed E-state index contributed by atoms with van der Waals surface area (Å²) in [6.45, 7) is -0.221. The van der Waals surface area contributed by atoms with Crippen molar-refractivity contribution in [3.8, 4) is 0 Å². The molecule has 2 bridgehead atoms. The number of carbonyl (C=O) groups is 3. The lowest BCUT2D eigenvalue weighted by Gasteiger charge is -2.77. The molecule has 0 heterocycles. The molecule has 156 valence electrons. The van der Waals surface area contributed by atoms with Crippen molar-refractivity contribution in [3.63, 3.8) is 0 Å². The normalized spacial score (nSPS) is 41.9. The molecular weight excluding hydrogens is 392 g/mol. The van der Waals surface area contributed by atoms with E-state index in [1.165, 1.54) is 14.2 Å². The number of ether oxygens (including phenoxy) is 5. The van der Waals surface area contributed by atoms with Gasteiger partial charge in [0.25, 0.3) is 0 Å². The maximum Gasteiger partial charge on any atom is 0.321 e. The van der Waals surface area contributed by atoms with Gasteiger partial charge in [-0.3, -0.25) is 14.4 Å². The minimum Gasteiger partial charge on any atom is -0.458 e. The molecule has 4 saturated carbocycles. The van der Waals surface area contributed by atoms with Crippen molar-refractivity contribution in [2.75, 3.05) is 33.7 Å². The van der Waals surface area contributed by atoms with Crippen LogP contribution in [0.5, 0.6) is 0 Å². The molecule has 0 aliphatic heterocycles. The molecule has 1 spiro atoms. The average molecular weight is 417 g/mol. The van der Waals surface area contributed by atoms with Gasteiger partial charge in [0.1, 0.15) is 11.5 Å². The Kier molecular flexibility index (Phi) is 4.67. The minimum atomic E-state index is -0.878. The fraction of sp³-hybridized carbons (Fsp3) is 0.842. The molecule has 8 nitrogen and oxygen atoms in total. The first-order valence-electron chi connectivity index (χ1n) is 9.42. The van der Waals surface area contributed by atoms with E-state index in [0.29, 0.717) is 32.1 Å². The van der Waals surface area contributed by atoms with Crippen LogP contribution in [-0.2, 0) is 38.1 Å². The van der Waals surface area contributed by atoms with Crippen LogP contribution in [-0.4, -0.2) is 57.2 Å². The summed E-state index contributed by atoms with van der Waals surface area (Å²) < 4.78 is 26.1. The van der Waals surface area contributed by atoms with Crippen molar-refractivity contribution in [1.82, 2.24) is 0 Å². The summed E-state index contributed by atoms with van der Waals surface area (Å²) in [6.07, 6.45) is 3.39. The van der Waals surface area contributed by atoms with E-state index in [2.05, 4.69) is 0 Å². The predicted octanol–water partition coefficient (Wildman–Crippen LogP) is 1.77. The third kappa shape index (κ3) is 2.47. The van der Waals surface area contributed by atoms with Crippen LogP contribution in [0.1, 0.15) is 38.5 Å². The zero-order valence-corrected chi connectivity index (χ0v) is 16.8. The third-order valence-corrected chi connectivity index (χ3v) is 7.50. The molecule has 0 radical (unpaired) electrons. The number of alkyl halides is 1. The van der Waals surface area contributed by atoms with Gasteiger partial charge < -0.3 is 23.7 Å². The van der Waals surface area contributed by atoms with Gasteiger partial charge in [-0.1, -0.05) is 0 Å². The lowest BCUT2D eigenvalue weighted by Crippen LogP contribution is -2.81. The van der Waals surface area contributed by atoms with E-state index < -0.39 is 22.4 Å². The Bertz CT molecular complexity index is 712. The molecule has 0 aromatic rings. The number of hydrogen-bond donors (Lipinski definition) is 0. The Morgan fingerprint density at radius 2 is 1.61 bits per heavy atom. The zero-order chi connectivity index (χ0) is 20.2. The predicted molar refractivity (Wildman–Crippen MR) is 94.0 cm³/mol. The first-order chi connectivity index (χ1) is 13.3. The van der Waals surface area contributed by atoms with E-state index >= 15 is 0 Å². The Labute approximate surface area is 168 Å². The van der Waals surface area contributed by atoms with E-state index in [1.54, 1.807) is 0 Å². The summed E-state index contributed by atoms with van der Waals surface area (Å²) in [7, 11) is 2.91. The van der Waals surface area contributed by atoms with Crippen molar-refractivity contribution >= 4 is 29.5 Å². The summed E-state index contributed by atoms with van der Waals surface area (Å²) >= 11 is 5.68. The van der Waals surface area contributed by atoms with Crippen LogP contribution in [0.4, 0.5) is 0 Å². The fourth-order valence-corrected chi connectivity index (χ4v) is 7.11. The van der Waals surface area contributed by atoms with Crippen LogP contribution >= 0.6 is 11.6 Å². The zero-order valence-electron chi connectivity index (χ0n) is 16.1. The second-order valence-electron chi connectivity index (χ2n) is 8.79. The second kappa shape index (κ2) is 6.57. The second-order valence-corrected chi connectivity index (χ2v) is 9.06. The molecule has 5 unspecified atom stereocenters. The molecule has 0 saturated heterocycles. The van der Waals surface area contributed by atoms with Gasteiger partial charge in [-0.25, -0.2) is 0 Å². The largest absolute Gasteiger partial charge is 0.458 e. The number of fused-ring (bicyclic) bond motifs is 1. The van der Waals surface area contributed by atoms with Crippen LogP contribution in [0.2, 0.25) is 0 Å². The van der Waals surface area contributed by atoms with Crippen LogP contribution < -0.4 is 0 Å². The average Bonchev–Trinajstić information content (AvgIpc) is 3.00.